The van der Waals surface area contributed by atoms with Gasteiger partial charge in [0.1, 0.15) is 22.3 Å². The first-order valence-electron chi connectivity index (χ1n) is 16.0. The van der Waals surface area contributed by atoms with Crippen molar-refractivity contribution in [3.8, 4) is 33.4 Å². The summed E-state index contributed by atoms with van der Waals surface area (Å²) >= 11 is 0. The molecular formula is C42H34BO4. The van der Waals surface area contributed by atoms with E-state index in [1.54, 1.807) is 21.3 Å². The summed E-state index contributed by atoms with van der Waals surface area (Å²) in [7, 11) is 1.76. The zero-order valence-corrected chi connectivity index (χ0v) is 26.9. The number of hydrogen-bond acceptors (Lipinski definition) is 4. The van der Waals surface area contributed by atoms with Gasteiger partial charge in [-0.15, -0.1) is 0 Å². The van der Waals surface area contributed by atoms with Crippen LogP contribution in [0, 0.1) is 0 Å². The summed E-state index contributed by atoms with van der Waals surface area (Å²) in [6.45, 7) is 7.32. The molecule has 1 radical (unpaired) electrons. The van der Waals surface area contributed by atoms with E-state index in [1.165, 1.54) is 0 Å². The summed E-state index contributed by atoms with van der Waals surface area (Å²) in [5.74, 6) is 0. The molecule has 8 aromatic rings. The van der Waals surface area contributed by atoms with E-state index in [4.69, 9.17) is 13.5 Å². The predicted octanol–water partition coefficient (Wildman–Crippen LogP) is 10.3. The maximum Gasteiger partial charge on any atom is 0.331 e. The molecule has 0 aliphatic carbocycles. The first-order valence-corrected chi connectivity index (χ1v) is 16.0. The van der Waals surface area contributed by atoms with Crippen molar-refractivity contribution in [2.45, 2.75) is 38.9 Å². The molecule has 4 nitrogen and oxygen atoms in total. The van der Waals surface area contributed by atoms with Crippen molar-refractivity contribution in [1.82, 2.24) is 0 Å². The van der Waals surface area contributed by atoms with Crippen LogP contribution in [0.4, 0.5) is 0 Å². The molecule has 2 aromatic heterocycles. The van der Waals surface area contributed by atoms with Crippen LogP contribution in [0.5, 0.6) is 0 Å². The molecule has 1 N–H and O–H groups in total. The van der Waals surface area contributed by atoms with E-state index in [-0.39, 0.29) is 0 Å². The maximum atomic E-state index is 10.9. The minimum Gasteiger partial charge on any atom is -0.455 e. The van der Waals surface area contributed by atoms with Crippen LogP contribution in [-0.4, -0.2) is 23.8 Å². The molecule has 0 saturated heterocycles. The lowest BCUT2D eigenvalue weighted by atomic mass is 9.79. The molecule has 229 valence electrons. The fourth-order valence-electron chi connectivity index (χ4n) is 6.26. The summed E-state index contributed by atoms with van der Waals surface area (Å²) < 4.78 is 19.9. The smallest absolute Gasteiger partial charge is 0.331 e. The van der Waals surface area contributed by atoms with Crippen LogP contribution in [0.1, 0.15) is 27.7 Å². The van der Waals surface area contributed by atoms with Crippen LogP contribution in [0.3, 0.4) is 0 Å². The molecule has 2 heterocycles. The van der Waals surface area contributed by atoms with Gasteiger partial charge < -0.3 is 18.6 Å². The zero-order chi connectivity index (χ0) is 32.3. The molecule has 0 saturated carbocycles. The molecule has 8 rings (SSSR count). The Kier molecular flexibility index (Phi) is 6.87. The summed E-state index contributed by atoms with van der Waals surface area (Å²) in [6.07, 6.45) is 0. The fourth-order valence-corrected chi connectivity index (χ4v) is 6.26. The lowest BCUT2D eigenvalue weighted by Crippen LogP contribution is -2.49. The van der Waals surface area contributed by atoms with Crippen molar-refractivity contribution in [2.24, 2.45) is 0 Å². The second-order valence-electron chi connectivity index (χ2n) is 13.2. The highest BCUT2D eigenvalue weighted by Crippen LogP contribution is 2.44. The Bertz CT molecular complexity index is 2410. The molecule has 0 spiro atoms. The van der Waals surface area contributed by atoms with Crippen molar-refractivity contribution in [1.29, 1.82) is 0 Å². The third-order valence-electron chi connectivity index (χ3n) is 9.59. The van der Waals surface area contributed by atoms with Gasteiger partial charge in [-0.05, 0) is 68.0 Å². The number of para-hydroxylation sites is 2. The number of rotatable bonds is 7. The number of fused-ring (bicyclic) bond motifs is 6. The minimum absolute atomic E-state index is 0.744. The largest absolute Gasteiger partial charge is 0.455 e. The molecule has 0 amide bonds. The molecule has 0 unspecified atom stereocenters. The van der Waals surface area contributed by atoms with Gasteiger partial charge in [0.15, 0.2) is 0 Å². The van der Waals surface area contributed by atoms with E-state index in [2.05, 4.69) is 97.1 Å². The Balaban J connectivity index is 1.45. The lowest BCUT2D eigenvalue weighted by molar-refractivity contribution is -0.0893. The molecule has 47 heavy (non-hydrogen) atoms. The van der Waals surface area contributed by atoms with Gasteiger partial charge in [-0.1, -0.05) is 109 Å². The molecule has 0 bridgehead atoms. The average Bonchev–Trinajstić information content (AvgIpc) is 3.66. The Morgan fingerprint density at radius 2 is 1.17 bits per heavy atom. The van der Waals surface area contributed by atoms with Gasteiger partial charge in [0.05, 0.1) is 11.2 Å². The van der Waals surface area contributed by atoms with Gasteiger partial charge in [-0.3, -0.25) is 0 Å². The molecule has 5 heteroatoms. The summed E-state index contributed by atoms with van der Waals surface area (Å²) in [6, 6.07) is 43.8. The predicted molar refractivity (Wildman–Crippen MR) is 194 cm³/mol. The fraction of sp³-hybridized carbons (Fsp3) is 0.143. The van der Waals surface area contributed by atoms with Gasteiger partial charge >= 0.3 is 7.48 Å². The van der Waals surface area contributed by atoms with Crippen LogP contribution >= 0.6 is 0 Å². The third-order valence-corrected chi connectivity index (χ3v) is 9.59. The van der Waals surface area contributed by atoms with Crippen molar-refractivity contribution in [3.63, 3.8) is 0 Å². The number of furan rings is 2. The Hall–Kier alpha value is -5.10. The van der Waals surface area contributed by atoms with Crippen LogP contribution in [0.15, 0.2) is 136 Å². The van der Waals surface area contributed by atoms with Crippen molar-refractivity contribution in [3.05, 3.63) is 127 Å². The van der Waals surface area contributed by atoms with Crippen molar-refractivity contribution in [2.75, 3.05) is 0 Å². The summed E-state index contributed by atoms with van der Waals surface area (Å²) in [5, 5.41) is 14.9. The van der Waals surface area contributed by atoms with E-state index < -0.39 is 11.2 Å². The van der Waals surface area contributed by atoms with E-state index in [1.807, 2.05) is 44.2 Å². The van der Waals surface area contributed by atoms with Gasteiger partial charge in [-0.25, -0.2) is 0 Å². The molecule has 6 aromatic carbocycles. The second kappa shape index (κ2) is 11.0. The van der Waals surface area contributed by atoms with Crippen LogP contribution in [0.25, 0.3) is 77.3 Å². The first kappa shape index (κ1) is 29.3. The Morgan fingerprint density at radius 1 is 0.532 bits per heavy atom. The highest BCUT2D eigenvalue weighted by molar-refractivity contribution is 6.53. The lowest BCUT2D eigenvalue weighted by Gasteiger charge is -2.37. The van der Waals surface area contributed by atoms with E-state index in [0.717, 1.165) is 82.7 Å². The molecule has 0 atom stereocenters. The normalized spacial score (nSPS) is 12.4. The number of aliphatic hydroxyl groups is 1. The van der Waals surface area contributed by atoms with Gasteiger partial charge in [-0.2, -0.15) is 0 Å². The quantitative estimate of drug-likeness (QED) is 0.182. The van der Waals surface area contributed by atoms with Crippen LogP contribution in [0.2, 0.25) is 0 Å². The Morgan fingerprint density at radius 3 is 1.91 bits per heavy atom. The third kappa shape index (κ3) is 4.94. The Labute approximate surface area is 274 Å². The van der Waals surface area contributed by atoms with Crippen LogP contribution in [-0.2, 0) is 4.65 Å². The summed E-state index contributed by atoms with van der Waals surface area (Å²) in [5.41, 5.74) is 8.33. The van der Waals surface area contributed by atoms with Crippen molar-refractivity contribution >= 4 is 56.8 Å². The zero-order valence-electron chi connectivity index (χ0n) is 26.9. The summed E-state index contributed by atoms with van der Waals surface area (Å²) in [4.78, 5) is 0. The van der Waals surface area contributed by atoms with E-state index in [0.29, 0.717) is 0 Å². The maximum absolute atomic E-state index is 10.9. The average molecular weight is 614 g/mol. The van der Waals surface area contributed by atoms with E-state index in [9.17, 15) is 5.11 Å². The van der Waals surface area contributed by atoms with Gasteiger partial charge in [0.2, 0.25) is 0 Å². The van der Waals surface area contributed by atoms with E-state index >= 15 is 0 Å². The SMILES string of the molecule is CC(C)(O)C(C)(C)O[B]c1ccc(-c2cccc3c2oc2ccccc23)c2oc3c(-c4ccccc4)cc(-c4ccccc4)cc3c12. The molecule has 0 aliphatic heterocycles. The number of benzene rings is 6. The molecule has 0 aliphatic rings. The first-order chi connectivity index (χ1) is 22.7. The van der Waals surface area contributed by atoms with Crippen LogP contribution < -0.4 is 5.46 Å². The van der Waals surface area contributed by atoms with Crippen molar-refractivity contribution < 1.29 is 18.6 Å². The molecule has 0 fully saturated rings. The van der Waals surface area contributed by atoms with Gasteiger partial charge in [0.25, 0.3) is 0 Å². The molecular weight excluding hydrogens is 579 g/mol. The number of hydrogen-bond donors (Lipinski definition) is 1. The standard InChI is InChI=1S/C42H34BO4/c1-41(2,44)42(3,4)47-43-35-23-22-32(31-20-13-19-30-29-18-11-12-21-36(29)45-38(30)31)40-37(35)34-25-28(26-14-7-5-8-15-26)24-33(39(34)46-40)27-16-9-6-10-17-27/h5-25,44H,1-4H3. The minimum atomic E-state index is -1.07. The highest BCUT2D eigenvalue weighted by atomic mass is 16.5. The topological polar surface area (TPSA) is 55.7 Å². The van der Waals surface area contributed by atoms with Gasteiger partial charge in [0, 0.05) is 38.2 Å². The second-order valence-corrected chi connectivity index (χ2v) is 13.2. The highest BCUT2D eigenvalue weighted by Gasteiger charge is 2.36. The monoisotopic (exact) mass is 613 g/mol.